The van der Waals surface area contributed by atoms with Crippen molar-refractivity contribution in [1.82, 2.24) is 5.32 Å². The average Bonchev–Trinajstić information content (AvgIpc) is 2.70. The van der Waals surface area contributed by atoms with Gasteiger partial charge < -0.3 is 19.5 Å². The summed E-state index contributed by atoms with van der Waals surface area (Å²) < 4.78 is 14.8. The van der Waals surface area contributed by atoms with Crippen molar-refractivity contribution in [2.45, 2.75) is 13.5 Å². The molecule has 0 fully saturated rings. The van der Waals surface area contributed by atoms with E-state index in [4.69, 9.17) is 9.47 Å². The highest BCUT2D eigenvalue weighted by molar-refractivity contribution is 5.94. The molecule has 0 aromatic heterocycles. The first kappa shape index (κ1) is 20.0. The first-order chi connectivity index (χ1) is 12.9. The fourth-order valence-corrected chi connectivity index (χ4v) is 2.32. The number of ether oxygens (including phenoxy) is 3. The molecule has 0 saturated heterocycles. The molecule has 0 aliphatic rings. The van der Waals surface area contributed by atoms with Gasteiger partial charge in [0, 0.05) is 6.54 Å². The minimum absolute atomic E-state index is 0.242. The summed E-state index contributed by atoms with van der Waals surface area (Å²) in [5, 5.41) is 2.64. The highest BCUT2D eigenvalue weighted by atomic mass is 16.5. The van der Waals surface area contributed by atoms with Crippen molar-refractivity contribution in [3.05, 3.63) is 64.7 Å². The van der Waals surface area contributed by atoms with Gasteiger partial charge >= 0.3 is 11.9 Å². The molecule has 1 N–H and O–H groups in total. The quantitative estimate of drug-likeness (QED) is 0.751. The second-order valence-electron chi connectivity index (χ2n) is 5.75. The fourth-order valence-electron chi connectivity index (χ4n) is 2.32. The number of carbonyl (C=O) groups is 3. The molecule has 2 rings (SSSR count). The zero-order valence-electron chi connectivity index (χ0n) is 15.4. The predicted molar refractivity (Wildman–Crippen MR) is 97.6 cm³/mol. The molecule has 0 bridgehead atoms. The van der Waals surface area contributed by atoms with Crippen LogP contribution in [0.4, 0.5) is 0 Å². The number of hydrogen-bond donors (Lipinski definition) is 1. The maximum Gasteiger partial charge on any atom is 0.342 e. The van der Waals surface area contributed by atoms with Gasteiger partial charge in [-0.3, -0.25) is 4.79 Å². The van der Waals surface area contributed by atoms with E-state index in [1.807, 2.05) is 13.0 Å². The van der Waals surface area contributed by atoms with Gasteiger partial charge in [-0.2, -0.15) is 0 Å². The van der Waals surface area contributed by atoms with Crippen molar-refractivity contribution in [2.24, 2.45) is 0 Å². The van der Waals surface area contributed by atoms with Crippen LogP contribution in [0.15, 0.2) is 42.5 Å². The SMILES string of the molecule is COC(=O)c1ccc(CNC(=O)COC(=O)c2cc(C)ccc2OC)cc1. The molecule has 0 saturated carbocycles. The normalized spacial score (nSPS) is 10.0. The van der Waals surface area contributed by atoms with Gasteiger partial charge in [0.15, 0.2) is 6.61 Å². The van der Waals surface area contributed by atoms with E-state index in [9.17, 15) is 14.4 Å². The summed E-state index contributed by atoms with van der Waals surface area (Å²) in [5.41, 5.74) is 2.36. The Hall–Kier alpha value is -3.35. The summed E-state index contributed by atoms with van der Waals surface area (Å²) in [4.78, 5) is 35.4. The van der Waals surface area contributed by atoms with Crippen LogP contribution < -0.4 is 10.1 Å². The third-order valence-electron chi connectivity index (χ3n) is 3.77. The molecular weight excluding hydrogens is 350 g/mol. The molecule has 2 aromatic rings. The number of aryl methyl sites for hydroxylation is 1. The Bertz CT molecular complexity index is 829. The molecule has 142 valence electrons. The van der Waals surface area contributed by atoms with E-state index in [0.717, 1.165) is 11.1 Å². The second-order valence-corrected chi connectivity index (χ2v) is 5.75. The van der Waals surface area contributed by atoms with Crippen LogP contribution in [0.1, 0.15) is 31.8 Å². The minimum atomic E-state index is -0.631. The van der Waals surface area contributed by atoms with Crippen molar-refractivity contribution >= 4 is 17.8 Å². The largest absolute Gasteiger partial charge is 0.496 e. The molecule has 0 radical (unpaired) electrons. The van der Waals surface area contributed by atoms with E-state index in [-0.39, 0.29) is 12.1 Å². The number of rotatable bonds is 7. The van der Waals surface area contributed by atoms with Gasteiger partial charge in [-0.05, 0) is 36.8 Å². The molecule has 2 aromatic carbocycles. The highest BCUT2D eigenvalue weighted by Gasteiger charge is 2.15. The number of nitrogens with one attached hydrogen (secondary N) is 1. The maximum atomic E-state index is 12.2. The van der Waals surface area contributed by atoms with Crippen LogP contribution in [0.2, 0.25) is 0 Å². The van der Waals surface area contributed by atoms with Crippen molar-refractivity contribution in [3.8, 4) is 5.75 Å². The Morgan fingerprint density at radius 3 is 2.30 bits per heavy atom. The molecule has 0 aliphatic heterocycles. The Labute approximate surface area is 157 Å². The van der Waals surface area contributed by atoms with Crippen molar-refractivity contribution < 1.29 is 28.6 Å². The maximum absolute atomic E-state index is 12.2. The third kappa shape index (κ3) is 5.57. The second kappa shape index (κ2) is 9.38. The molecule has 27 heavy (non-hydrogen) atoms. The van der Waals surface area contributed by atoms with Crippen LogP contribution in [-0.2, 0) is 20.8 Å². The van der Waals surface area contributed by atoms with E-state index in [0.29, 0.717) is 11.3 Å². The Morgan fingerprint density at radius 2 is 1.67 bits per heavy atom. The first-order valence-corrected chi connectivity index (χ1v) is 8.20. The van der Waals surface area contributed by atoms with Gasteiger partial charge in [0.1, 0.15) is 11.3 Å². The monoisotopic (exact) mass is 371 g/mol. The van der Waals surface area contributed by atoms with Gasteiger partial charge in [-0.25, -0.2) is 9.59 Å². The summed E-state index contributed by atoms with van der Waals surface area (Å²) >= 11 is 0. The Morgan fingerprint density at radius 1 is 0.963 bits per heavy atom. The Kier molecular flexibility index (Phi) is 6.93. The molecule has 0 spiro atoms. The molecule has 0 unspecified atom stereocenters. The lowest BCUT2D eigenvalue weighted by Gasteiger charge is -2.10. The highest BCUT2D eigenvalue weighted by Crippen LogP contribution is 2.20. The number of benzene rings is 2. The topological polar surface area (TPSA) is 90.9 Å². The molecular formula is C20H21NO6. The number of hydrogen-bond acceptors (Lipinski definition) is 6. The molecule has 1 amide bonds. The van der Waals surface area contributed by atoms with Crippen LogP contribution in [0.3, 0.4) is 0 Å². The lowest BCUT2D eigenvalue weighted by atomic mass is 10.1. The summed E-state index contributed by atoms with van der Waals surface area (Å²) in [7, 11) is 2.77. The zero-order valence-corrected chi connectivity index (χ0v) is 15.4. The Balaban J connectivity index is 1.85. The minimum Gasteiger partial charge on any atom is -0.496 e. The number of carbonyl (C=O) groups excluding carboxylic acids is 3. The van der Waals surface area contributed by atoms with Gasteiger partial charge in [0.2, 0.25) is 0 Å². The van der Waals surface area contributed by atoms with Gasteiger partial charge in [-0.15, -0.1) is 0 Å². The van der Waals surface area contributed by atoms with E-state index in [2.05, 4.69) is 10.1 Å². The standard InChI is InChI=1S/C20H21NO6/c1-13-4-9-17(25-2)16(10-13)20(24)27-12-18(22)21-11-14-5-7-15(8-6-14)19(23)26-3/h4-10H,11-12H2,1-3H3,(H,21,22). The van der Waals surface area contributed by atoms with Gasteiger partial charge in [0.25, 0.3) is 5.91 Å². The average molecular weight is 371 g/mol. The van der Waals surface area contributed by atoms with E-state index in [1.165, 1.54) is 14.2 Å². The number of methoxy groups -OCH3 is 2. The van der Waals surface area contributed by atoms with Crippen LogP contribution in [0.25, 0.3) is 0 Å². The molecule has 7 heteroatoms. The first-order valence-electron chi connectivity index (χ1n) is 8.20. The molecule has 0 aliphatic carbocycles. The van der Waals surface area contributed by atoms with E-state index >= 15 is 0 Å². The zero-order chi connectivity index (χ0) is 19.8. The molecule has 7 nitrogen and oxygen atoms in total. The number of esters is 2. The predicted octanol–water partition coefficient (Wildman–Crippen LogP) is 2.26. The van der Waals surface area contributed by atoms with Crippen LogP contribution in [0.5, 0.6) is 5.75 Å². The van der Waals surface area contributed by atoms with Crippen LogP contribution >= 0.6 is 0 Å². The van der Waals surface area contributed by atoms with Crippen LogP contribution in [-0.4, -0.2) is 38.7 Å². The molecule has 0 heterocycles. The van der Waals surface area contributed by atoms with Crippen molar-refractivity contribution in [2.75, 3.05) is 20.8 Å². The van der Waals surface area contributed by atoms with Crippen LogP contribution in [0, 0.1) is 6.92 Å². The van der Waals surface area contributed by atoms with Crippen molar-refractivity contribution in [3.63, 3.8) is 0 Å². The van der Waals surface area contributed by atoms with Crippen molar-refractivity contribution in [1.29, 1.82) is 0 Å². The van der Waals surface area contributed by atoms with E-state index < -0.39 is 24.5 Å². The lowest BCUT2D eigenvalue weighted by Crippen LogP contribution is -2.28. The summed E-state index contributed by atoms with van der Waals surface area (Å²) in [6.07, 6.45) is 0. The summed E-state index contributed by atoms with van der Waals surface area (Å²) in [6.45, 7) is 1.68. The number of amides is 1. The lowest BCUT2D eigenvalue weighted by molar-refractivity contribution is -0.124. The van der Waals surface area contributed by atoms with E-state index in [1.54, 1.807) is 36.4 Å². The van der Waals surface area contributed by atoms with Gasteiger partial charge in [-0.1, -0.05) is 23.8 Å². The fraction of sp³-hybridized carbons (Fsp3) is 0.250. The third-order valence-corrected chi connectivity index (χ3v) is 3.77. The summed E-state index contributed by atoms with van der Waals surface area (Å²) in [5.74, 6) is -1.11. The smallest absolute Gasteiger partial charge is 0.342 e. The van der Waals surface area contributed by atoms with Gasteiger partial charge in [0.05, 0.1) is 19.8 Å². The molecule has 0 atom stereocenters. The summed E-state index contributed by atoms with van der Waals surface area (Å²) in [6, 6.07) is 11.8.